The maximum Gasteiger partial charge on any atom is 0.196 e. The normalized spacial score (nSPS) is 10.4. The monoisotopic (exact) mass is 214 g/mol. The zero-order valence-electron chi connectivity index (χ0n) is 9.47. The number of carbonyl (C=O) groups is 1. The lowest BCUT2D eigenvalue weighted by molar-refractivity contribution is 0.103. The Labute approximate surface area is 94.7 Å². The summed E-state index contributed by atoms with van der Waals surface area (Å²) >= 11 is 0. The summed E-state index contributed by atoms with van der Waals surface area (Å²) in [6.45, 7) is 2.10. The first-order valence-electron chi connectivity index (χ1n) is 5.33. The molecule has 82 valence electrons. The van der Waals surface area contributed by atoms with E-state index in [1.807, 2.05) is 24.3 Å². The highest BCUT2D eigenvalue weighted by Crippen LogP contribution is 2.10. The third-order valence-electron chi connectivity index (χ3n) is 2.59. The van der Waals surface area contributed by atoms with Gasteiger partial charge in [-0.3, -0.25) is 9.48 Å². The molecule has 0 radical (unpaired) electrons. The summed E-state index contributed by atoms with van der Waals surface area (Å²) in [5.41, 5.74) is 2.58. The summed E-state index contributed by atoms with van der Waals surface area (Å²) in [5.74, 6) is 0.0238. The maximum absolute atomic E-state index is 12.0. The first-order valence-corrected chi connectivity index (χ1v) is 5.33. The average molecular weight is 214 g/mol. The Balaban J connectivity index is 2.27. The SMILES string of the molecule is CCc1ccc(C(=O)c2cnn(C)c2)cc1. The van der Waals surface area contributed by atoms with E-state index in [-0.39, 0.29) is 5.78 Å². The molecule has 16 heavy (non-hydrogen) atoms. The van der Waals surface area contributed by atoms with Gasteiger partial charge in [0, 0.05) is 18.8 Å². The molecule has 0 spiro atoms. The Bertz CT molecular complexity index is 497. The van der Waals surface area contributed by atoms with Gasteiger partial charge in [0.2, 0.25) is 0 Å². The number of rotatable bonds is 3. The van der Waals surface area contributed by atoms with Gasteiger partial charge in [-0.05, 0) is 12.0 Å². The van der Waals surface area contributed by atoms with Gasteiger partial charge in [0.25, 0.3) is 0 Å². The van der Waals surface area contributed by atoms with E-state index < -0.39 is 0 Å². The first kappa shape index (κ1) is 10.6. The lowest BCUT2D eigenvalue weighted by Gasteiger charge is -1.99. The summed E-state index contributed by atoms with van der Waals surface area (Å²) in [6.07, 6.45) is 4.31. The lowest BCUT2D eigenvalue weighted by Crippen LogP contribution is -2.00. The van der Waals surface area contributed by atoms with Gasteiger partial charge in [-0.25, -0.2) is 0 Å². The molecule has 0 atom stereocenters. The van der Waals surface area contributed by atoms with Gasteiger partial charge in [0.15, 0.2) is 5.78 Å². The molecule has 0 aliphatic heterocycles. The number of benzene rings is 1. The van der Waals surface area contributed by atoms with E-state index in [0.717, 1.165) is 6.42 Å². The predicted molar refractivity (Wildman–Crippen MR) is 62.5 cm³/mol. The van der Waals surface area contributed by atoms with Crippen molar-refractivity contribution < 1.29 is 4.79 Å². The van der Waals surface area contributed by atoms with E-state index in [9.17, 15) is 4.79 Å². The molecular formula is C13H14N2O. The van der Waals surface area contributed by atoms with Crippen LogP contribution in [0.2, 0.25) is 0 Å². The van der Waals surface area contributed by atoms with E-state index >= 15 is 0 Å². The summed E-state index contributed by atoms with van der Waals surface area (Å²) in [5, 5.41) is 3.99. The molecule has 0 bridgehead atoms. The molecule has 0 aliphatic carbocycles. The topological polar surface area (TPSA) is 34.9 Å². The minimum absolute atomic E-state index is 0.0238. The fourth-order valence-electron chi connectivity index (χ4n) is 1.60. The highest BCUT2D eigenvalue weighted by atomic mass is 16.1. The van der Waals surface area contributed by atoms with Crippen LogP contribution < -0.4 is 0 Å². The van der Waals surface area contributed by atoms with Gasteiger partial charge in [0.1, 0.15) is 0 Å². The molecule has 0 aliphatic rings. The second-order valence-corrected chi connectivity index (χ2v) is 3.78. The van der Waals surface area contributed by atoms with Gasteiger partial charge in [0.05, 0.1) is 11.8 Å². The molecule has 1 aromatic carbocycles. The molecule has 0 amide bonds. The van der Waals surface area contributed by atoms with Crippen molar-refractivity contribution in [1.29, 1.82) is 0 Å². The van der Waals surface area contributed by atoms with Crippen molar-refractivity contribution in [2.45, 2.75) is 13.3 Å². The van der Waals surface area contributed by atoms with Crippen LogP contribution in [0, 0.1) is 0 Å². The fourth-order valence-corrected chi connectivity index (χ4v) is 1.60. The van der Waals surface area contributed by atoms with Gasteiger partial charge >= 0.3 is 0 Å². The summed E-state index contributed by atoms with van der Waals surface area (Å²) < 4.78 is 1.63. The standard InChI is InChI=1S/C13H14N2O/c1-3-10-4-6-11(7-5-10)13(16)12-8-14-15(2)9-12/h4-9H,3H2,1-2H3. The lowest BCUT2D eigenvalue weighted by atomic mass is 10.0. The molecule has 1 aromatic heterocycles. The Morgan fingerprint density at radius 2 is 1.94 bits per heavy atom. The summed E-state index contributed by atoms with van der Waals surface area (Å²) in [7, 11) is 1.80. The number of ketones is 1. The first-order chi connectivity index (χ1) is 7.70. The van der Waals surface area contributed by atoms with Crippen LogP contribution in [0.3, 0.4) is 0 Å². The molecule has 1 heterocycles. The molecule has 0 fully saturated rings. The maximum atomic E-state index is 12.0. The molecular weight excluding hydrogens is 200 g/mol. The van der Waals surface area contributed by atoms with Crippen LogP contribution in [-0.2, 0) is 13.5 Å². The average Bonchev–Trinajstić information content (AvgIpc) is 2.75. The van der Waals surface area contributed by atoms with Gasteiger partial charge in [-0.2, -0.15) is 5.10 Å². The van der Waals surface area contributed by atoms with Crippen LogP contribution in [0.25, 0.3) is 0 Å². The van der Waals surface area contributed by atoms with Gasteiger partial charge in [-0.1, -0.05) is 31.2 Å². The second kappa shape index (κ2) is 4.31. The molecule has 0 unspecified atom stereocenters. The Kier molecular flexibility index (Phi) is 2.86. The number of aryl methyl sites for hydroxylation is 2. The van der Waals surface area contributed by atoms with Crippen molar-refractivity contribution in [3.8, 4) is 0 Å². The predicted octanol–water partition coefficient (Wildman–Crippen LogP) is 2.21. The molecule has 0 saturated carbocycles. The highest BCUT2D eigenvalue weighted by molar-refractivity contribution is 6.08. The van der Waals surface area contributed by atoms with Crippen LogP contribution in [0.4, 0.5) is 0 Å². The van der Waals surface area contributed by atoms with Crippen molar-refractivity contribution >= 4 is 5.78 Å². The van der Waals surface area contributed by atoms with Crippen molar-refractivity contribution in [2.24, 2.45) is 7.05 Å². The third kappa shape index (κ3) is 2.03. The second-order valence-electron chi connectivity index (χ2n) is 3.78. The highest BCUT2D eigenvalue weighted by Gasteiger charge is 2.10. The van der Waals surface area contributed by atoms with Crippen LogP contribution in [0.1, 0.15) is 28.4 Å². The molecule has 3 nitrogen and oxygen atoms in total. The zero-order valence-corrected chi connectivity index (χ0v) is 9.47. The van der Waals surface area contributed by atoms with Gasteiger partial charge in [-0.15, -0.1) is 0 Å². The molecule has 3 heteroatoms. The minimum Gasteiger partial charge on any atom is -0.288 e. The minimum atomic E-state index is 0.0238. The Morgan fingerprint density at radius 1 is 1.25 bits per heavy atom. The van der Waals surface area contributed by atoms with E-state index in [2.05, 4.69) is 12.0 Å². The Hall–Kier alpha value is -1.90. The number of carbonyl (C=O) groups excluding carboxylic acids is 1. The summed E-state index contributed by atoms with van der Waals surface area (Å²) in [6, 6.07) is 7.72. The van der Waals surface area contributed by atoms with E-state index in [1.54, 1.807) is 24.1 Å². The quantitative estimate of drug-likeness (QED) is 0.734. The summed E-state index contributed by atoms with van der Waals surface area (Å²) in [4.78, 5) is 12.0. The molecule has 0 N–H and O–H groups in total. The van der Waals surface area contributed by atoms with Crippen molar-refractivity contribution in [2.75, 3.05) is 0 Å². The molecule has 2 aromatic rings. The Morgan fingerprint density at radius 3 is 2.44 bits per heavy atom. The van der Waals surface area contributed by atoms with Gasteiger partial charge < -0.3 is 0 Å². The van der Waals surface area contributed by atoms with Crippen molar-refractivity contribution in [1.82, 2.24) is 9.78 Å². The number of aromatic nitrogens is 2. The van der Waals surface area contributed by atoms with Crippen LogP contribution in [-0.4, -0.2) is 15.6 Å². The third-order valence-corrected chi connectivity index (χ3v) is 2.59. The van der Waals surface area contributed by atoms with Crippen LogP contribution in [0.15, 0.2) is 36.7 Å². The van der Waals surface area contributed by atoms with E-state index in [0.29, 0.717) is 11.1 Å². The number of hydrogen-bond donors (Lipinski definition) is 0. The number of hydrogen-bond acceptors (Lipinski definition) is 2. The fraction of sp³-hybridized carbons (Fsp3) is 0.231. The largest absolute Gasteiger partial charge is 0.288 e. The zero-order chi connectivity index (χ0) is 11.5. The smallest absolute Gasteiger partial charge is 0.196 e. The number of nitrogens with zero attached hydrogens (tertiary/aromatic N) is 2. The molecule has 0 saturated heterocycles. The van der Waals surface area contributed by atoms with E-state index in [4.69, 9.17) is 0 Å². The van der Waals surface area contributed by atoms with Crippen molar-refractivity contribution in [3.05, 3.63) is 53.3 Å². The molecule has 2 rings (SSSR count). The van der Waals surface area contributed by atoms with Crippen LogP contribution in [0.5, 0.6) is 0 Å². The van der Waals surface area contributed by atoms with Crippen molar-refractivity contribution in [3.63, 3.8) is 0 Å². The van der Waals surface area contributed by atoms with E-state index in [1.165, 1.54) is 5.56 Å². The van der Waals surface area contributed by atoms with Crippen LogP contribution >= 0.6 is 0 Å².